The quantitative estimate of drug-likeness (QED) is 0.863. The summed E-state index contributed by atoms with van der Waals surface area (Å²) in [4.78, 5) is 5.74. The van der Waals surface area contributed by atoms with Crippen LogP contribution in [-0.4, -0.2) is 19.1 Å². The minimum Gasteiger partial charge on any atom is -0.497 e. The molecule has 0 N–H and O–H groups in total. The summed E-state index contributed by atoms with van der Waals surface area (Å²) in [5, 5.41) is 0. The lowest BCUT2D eigenvalue weighted by atomic mass is 10.2. The third-order valence-corrected chi connectivity index (χ3v) is 2.98. The Morgan fingerprint density at radius 3 is 2.78 bits per heavy atom. The van der Waals surface area contributed by atoms with Crippen LogP contribution in [0, 0.1) is 5.82 Å². The Bertz CT molecular complexity index is 562. The maximum atomic E-state index is 13.8. The Hall–Kier alpha value is -1.62. The number of ether oxygens (including phenoxy) is 1. The van der Waals surface area contributed by atoms with Crippen LogP contribution in [0.2, 0.25) is 0 Å². The molecule has 94 valence electrons. The van der Waals surface area contributed by atoms with Gasteiger partial charge in [-0.3, -0.25) is 0 Å². The highest BCUT2D eigenvalue weighted by molar-refractivity contribution is 9.10. The third-order valence-electron chi connectivity index (χ3n) is 2.55. The highest BCUT2D eigenvalue weighted by Gasteiger charge is 2.12. The largest absolute Gasteiger partial charge is 0.497 e. The number of methoxy groups -OCH3 is 1. The van der Waals surface area contributed by atoms with Gasteiger partial charge < -0.3 is 9.64 Å². The zero-order valence-corrected chi connectivity index (χ0v) is 11.6. The molecule has 1 heterocycles. The number of hydrogen-bond acceptors (Lipinski definition) is 3. The maximum absolute atomic E-state index is 13.8. The molecule has 0 aliphatic carbocycles. The topological polar surface area (TPSA) is 25.4 Å². The molecule has 0 bridgehead atoms. The molecule has 0 aliphatic heterocycles. The Kier molecular flexibility index (Phi) is 3.81. The van der Waals surface area contributed by atoms with Crippen LogP contribution >= 0.6 is 15.9 Å². The summed E-state index contributed by atoms with van der Waals surface area (Å²) in [6.45, 7) is 0. The predicted octanol–water partition coefficient (Wildman–Crippen LogP) is 3.76. The van der Waals surface area contributed by atoms with E-state index in [1.54, 1.807) is 25.3 Å². The highest BCUT2D eigenvalue weighted by atomic mass is 79.9. The molecule has 1 aromatic heterocycles. The average molecular weight is 311 g/mol. The minimum atomic E-state index is -0.380. The van der Waals surface area contributed by atoms with E-state index in [1.807, 2.05) is 24.3 Å². The standard InChI is InChI=1S/C13H12BrFN2O/c1-17(10-4-3-5-11(7-10)18-2)13-12(15)6-9(14)8-16-13/h3-8H,1-2H3. The molecule has 0 atom stereocenters. The Balaban J connectivity index is 2.37. The van der Waals surface area contributed by atoms with Crippen molar-refractivity contribution in [3.05, 3.63) is 46.8 Å². The zero-order chi connectivity index (χ0) is 13.1. The van der Waals surface area contributed by atoms with E-state index in [9.17, 15) is 4.39 Å². The second-order valence-corrected chi connectivity index (χ2v) is 4.64. The number of pyridine rings is 1. The van der Waals surface area contributed by atoms with Crippen molar-refractivity contribution in [1.82, 2.24) is 4.98 Å². The van der Waals surface area contributed by atoms with Crippen molar-refractivity contribution >= 4 is 27.4 Å². The molecule has 18 heavy (non-hydrogen) atoms. The van der Waals surface area contributed by atoms with Crippen LogP contribution in [0.15, 0.2) is 41.0 Å². The fraction of sp³-hybridized carbons (Fsp3) is 0.154. The van der Waals surface area contributed by atoms with Gasteiger partial charge in [-0.25, -0.2) is 9.37 Å². The van der Waals surface area contributed by atoms with Crippen molar-refractivity contribution in [3.8, 4) is 5.75 Å². The van der Waals surface area contributed by atoms with Crippen molar-refractivity contribution in [2.75, 3.05) is 19.1 Å². The normalized spacial score (nSPS) is 10.2. The van der Waals surface area contributed by atoms with E-state index in [0.717, 1.165) is 11.4 Å². The van der Waals surface area contributed by atoms with Crippen molar-refractivity contribution in [2.24, 2.45) is 0 Å². The Morgan fingerprint density at radius 1 is 1.33 bits per heavy atom. The van der Waals surface area contributed by atoms with E-state index in [1.165, 1.54) is 6.07 Å². The number of nitrogens with zero attached hydrogens (tertiary/aromatic N) is 2. The molecule has 3 nitrogen and oxygen atoms in total. The van der Waals surface area contributed by atoms with E-state index in [2.05, 4.69) is 20.9 Å². The van der Waals surface area contributed by atoms with Crippen molar-refractivity contribution in [3.63, 3.8) is 0 Å². The summed E-state index contributed by atoms with van der Waals surface area (Å²) >= 11 is 3.18. The van der Waals surface area contributed by atoms with Gasteiger partial charge in [-0.2, -0.15) is 0 Å². The van der Waals surface area contributed by atoms with Gasteiger partial charge in [0, 0.05) is 29.5 Å². The summed E-state index contributed by atoms with van der Waals surface area (Å²) in [6.07, 6.45) is 1.56. The third kappa shape index (κ3) is 2.61. The van der Waals surface area contributed by atoms with Crippen LogP contribution in [-0.2, 0) is 0 Å². The number of benzene rings is 1. The molecule has 0 saturated heterocycles. The first-order valence-corrected chi connectivity index (χ1v) is 6.10. The molecule has 0 amide bonds. The number of rotatable bonds is 3. The summed E-state index contributed by atoms with van der Waals surface area (Å²) in [5.41, 5.74) is 0.808. The first-order valence-electron chi connectivity index (χ1n) is 5.30. The molecule has 0 saturated carbocycles. The second-order valence-electron chi connectivity index (χ2n) is 3.72. The molecule has 0 aliphatic rings. The van der Waals surface area contributed by atoms with Gasteiger partial charge >= 0.3 is 0 Å². The van der Waals surface area contributed by atoms with Gasteiger partial charge in [0.05, 0.1) is 7.11 Å². The van der Waals surface area contributed by atoms with Crippen LogP contribution in [0.4, 0.5) is 15.9 Å². The molecule has 2 rings (SSSR count). The number of anilines is 2. The molecule has 5 heteroatoms. The predicted molar refractivity (Wildman–Crippen MR) is 73.0 cm³/mol. The zero-order valence-electron chi connectivity index (χ0n) is 10.0. The van der Waals surface area contributed by atoms with Gasteiger partial charge in [0.25, 0.3) is 0 Å². The minimum absolute atomic E-state index is 0.270. The Morgan fingerprint density at radius 2 is 2.11 bits per heavy atom. The Labute approximate surface area is 113 Å². The molecule has 0 radical (unpaired) electrons. The van der Waals surface area contributed by atoms with Gasteiger partial charge in [-0.15, -0.1) is 0 Å². The van der Waals surface area contributed by atoms with Crippen LogP contribution in [0.3, 0.4) is 0 Å². The van der Waals surface area contributed by atoms with Crippen LogP contribution in [0.25, 0.3) is 0 Å². The second kappa shape index (κ2) is 5.35. The van der Waals surface area contributed by atoms with Gasteiger partial charge in [0.15, 0.2) is 11.6 Å². The number of hydrogen-bond donors (Lipinski definition) is 0. The van der Waals surface area contributed by atoms with Crippen LogP contribution in [0.1, 0.15) is 0 Å². The molecule has 2 aromatic rings. The molecule has 0 unspecified atom stereocenters. The van der Waals surface area contributed by atoms with E-state index in [0.29, 0.717) is 4.47 Å². The smallest absolute Gasteiger partial charge is 0.169 e. The summed E-state index contributed by atoms with van der Waals surface area (Å²) in [6, 6.07) is 8.76. The lowest BCUT2D eigenvalue weighted by molar-refractivity contribution is 0.415. The number of aromatic nitrogens is 1. The summed E-state index contributed by atoms with van der Waals surface area (Å²) in [5.74, 6) is 0.609. The first kappa shape index (κ1) is 12.8. The molecular formula is C13H12BrFN2O. The monoisotopic (exact) mass is 310 g/mol. The molecule has 0 fully saturated rings. The lowest BCUT2D eigenvalue weighted by Crippen LogP contribution is -2.13. The van der Waals surface area contributed by atoms with E-state index in [-0.39, 0.29) is 11.6 Å². The van der Waals surface area contributed by atoms with Gasteiger partial charge in [-0.05, 0) is 34.1 Å². The highest BCUT2D eigenvalue weighted by Crippen LogP contribution is 2.28. The number of halogens is 2. The lowest BCUT2D eigenvalue weighted by Gasteiger charge is -2.19. The van der Waals surface area contributed by atoms with Crippen molar-refractivity contribution in [1.29, 1.82) is 0 Å². The summed E-state index contributed by atoms with van der Waals surface area (Å²) < 4.78 is 19.6. The first-order chi connectivity index (χ1) is 8.61. The van der Waals surface area contributed by atoms with Gasteiger partial charge in [0.2, 0.25) is 0 Å². The van der Waals surface area contributed by atoms with E-state index in [4.69, 9.17) is 4.74 Å². The maximum Gasteiger partial charge on any atom is 0.169 e. The average Bonchev–Trinajstić information content (AvgIpc) is 2.38. The SMILES string of the molecule is COc1cccc(N(C)c2ncc(Br)cc2F)c1. The fourth-order valence-corrected chi connectivity index (χ4v) is 1.90. The molecular weight excluding hydrogens is 299 g/mol. The van der Waals surface area contributed by atoms with E-state index >= 15 is 0 Å². The van der Waals surface area contributed by atoms with Gasteiger partial charge in [0.1, 0.15) is 5.75 Å². The van der Waals surface area contributed by atoms with Crippen molar-refractivity contribution in [2.45, 2.75) is 0 Å². The summed E-state index contributed by atoms with van der Waals surface area (Å²) in [7, 11) is 3.35. The van der Waals surface area contributed by atoms with Crippen LogP contribution in [0.5, 0.6) is 5.75 Å². The van der Waals surface area contributed by atoms with Crippen LogP contribution < -0.4 is 9.64 Å². The molecule has 1 aromatic carbocycles. The fourth-order valence-electron chi connectivity index (χ4n) is 1.60. The van der Waals surface area contributed by atoms with E-state index < -0.39 is 0 Å². The van der Waals surface area contributed by atoms with Crippen molar-refractivity contribution < 1.29 is 9.13 Å². The van der Waals surface area contributed by atoms with Gasteiger partial charge in [-0.1, -0.05) is 6.07 Å². The molecule has 0 spiro atoms.